The smallest absolute Gasteiger partial charge is 0.345 e. The van der Waals surface area contributed by atoms with Crippen LogP contribution in [0.2, 0.25) is 0 Å². The molecule has 3 aromatic rings. The summed E-state index contributed by atoms with van der Waals surface area (Å²) in [6.45, 7) is 8.67. The fourth-order valence-electron chi connectivity index (χ4n) is 3.49. The highest BCUT2D eigenvalue weighted by Gasteiger charge is 2.21. The standard InChI is InChI=1S/C22H28N4O2/c1-14(2)11-17-12-20(25-22(28)24-17)21(27)26(15(3)4)10-9-16-13-23-19-8-6-5-7-18(16)19/h5-8,12-15,23H,9-11H2,1-4H3,(H,24,25,28). The third kappa shape index (κ3) is 4.50. The molecule has 2 aromatic heterocycles. The van der Waals surface area contributed by atoms with E-state index in [1.165, 1.54) is 10.9 Å². The summed E-state index contributed by atoms with van der Waals surface area (Å²) in [5, 5.41) is 1.17. The number of carbonyl (C=O) groups excluding carboxylic acids is 1. The second kappa shape index (κ2) is 8.42. The minimum Gasteiger partial charge on any atom is -0.361 e. The number of aromatic nitrogens is 3. The van der Waals surface area contributed by atoms with Crippen molar-refractivity contribution in [1.29, 1.82) is 0 Å². The maximum Gasteiger partial charge on any atom is 0.345 e. The van der Waals surface area contributed by atoms with Crippen LogP contribution in [0.1, 0.15) is 49.4 Å². The molecule has 28 heavy (non-hydrogen) atoms. The average Bonchev–Trinajstić information content (AvgIpc) is 3.03. The van der Waals surface area contributed by atoms with Gasteiger partial charge in [-0.05, 0) is 50.3 Å². The first-order chi connectivity index (χ1) is 13.3. The van der Waals surface area contributed by atoms with Crippen molar-refractivity contribution in [1.82, 2.24) is 19.9 Å². The fraction of sp³-hybridized carbons (Fsp3) is 0.409. The molecule has 6 nitrogen and oxygen atoms in total. The highest BCUT2D eigenvalue weighted by atomic mass is 16.2. The van der Waals surface area contributed by atoms with Gasteiger partial charge >= 0.3 is 5.69 Å². The van der Waals surface area contributed by atoms with E-state index >= 15 is 0 Å². The van der Waals surface area contributed by atoms with Crippen molar-refractivity contribution >= 4 is 16.8 Å². The number of benzene rings is 1. The number of carbonyl (C=O) groups is 1. The predicted molar refractivity (Wildman–Crippen MR) is 112 cm³/mol. The largest absolute Gasteiger partial charge is 0.361 e. The number of aromatic amines is 2. The van der Waals surface area contributed by atoms with Crippen LogP contribution in [0.5, 0.6) is 0 Å². The topological polar surface area (TPSA) is 81.8 Å². The van der Waals surface area contributed by atoms with Gasteiger partial charge in [0.1, 0.15) is 5.69 Å². The molecule has 0 atom stereocenters. The van der Waals surface area contributed by atoms with E-state index in [1.54, 1.807) is 11.0 Å². The number of hydrogen-bond donors (Lipinski definition) is 2. The van der Waals surface area contributed by atoms with Crippen LogP contribution in [0.4, 0.5) is 0 Å². The van der Waals surface area contributed by atoms with Gasteiger partial charge in [0.2, 0.25) is 0 Å². The van der Waals surface area contributed by atoms with Gasteiger partial charge in [0, 0.05) is 35.4 Å². The van der Waals surface area contributed by atoms with E-state index in [2.05, 4.69) is 34.9 Å². The SMILES string of the molecule is CC(C)Cc1cc(C(=O)N(CCc2c[nH]c3ccccc23)C(C)C)nc(=O)[nH]1. The van der Waals surface area contributed by atoms with Crippen LogP contribution in [0.15, 0.2) is 41.3 Å². The summed E-state index contributed by atoms with van der Waals surface area (Å²) in [5.74, 6) is 0.176. The third-order valence-corrected chi connectivity index (χ3v) is 4.83. The van der Waals surface area contributed by atoms with Gasteiger partial charge in [-0.15, -0.1) is 0 Å². The molecule has 0 radical (unpaired) electrons. The lowest BCUT2D eigenvalue weighted by atomic mass is 10.1. The Labute approximate surface area is 165 Å². The fourth-order valence-corrected chi connectivity index (χ4v) is 3.49. The van der Waals surface area contributed by atoms with Crippen molar-refractivity contribution < 1.29 is 4.79 Å². The van der Waals surface area contributed by atoms with E-state index in [-0.39, 0.29) is 17.6 Å². The number of nitrogens with zero attached hydrogens (tertiary/aromatic N) is 2. The van der Waals surface area contributed by atoms with Crippen molar-refractivity contribution in [3.63, 3.8) is 0 Å². The first-order valence-electron chi connectivity index (χ1n) is 9.81. The quantitative estimate of drug-likeness (QED) is 0.658. The van der Waals surface area contributed by atoms with Gasteiger partial charge < -0.3 is 14.9 Å². The van der Waals surface area contributed by atoms with E-state index in [9.17, 15) is 9.59 Å². The first kappa shape index (κ1) is 19.9. The summed E-state index contributed by atoms with van der Waals surface area (Å²) < 4.78 is 0. The van der Waals surface area contributed by atoms with Crippen LogP contribution in [0, 0.1) is 5.92 Å². The summed E-state index contributed by atoms with van der Waals surface area (Å²) in [5.41, 5.74) is 2.76. The zero-order valence-corrected chi connectivity index (χ0v) is 17.0. The molecule has 1 amide bonds. The normalized spacial score (nSPS) is 11.5. The number of rotatable bonds is 7. The molecule has 0 aliphatic carbocycles. The molecular formula is C22H28N4O2. The Balaban J connectivity index is 1.81. The van der Waals surface area contributed by atoms with Crippen LogP contribution in [-0.4, -0.2) is 38.3 Å². The first-order valence-corrected chi connectivity index (χ1v) is 9.81. The molecule has 0 bridgehead atoms. The molecule has 0 unspecified atom stereocenters. The summed E-state index contributed by atoms with van der Waals surface area (Å²) in [7, 11) is 0. The Bertz CT molecular complexity index is 1020. The molecule has 0 fully saturated rings. The zero-order chi connectivity index (χ0) is 20.3. The van der Waals surface area contributed by atoms with E-state index in [1.807, 2.05) is 38.2 Å². The number of nitrogens with one attached hydrogen (secondary N) is 2. The average molecular weight is 380 g/mol. The zero-order valence-electron chi connectivity index (χ0n) is 17.0. The molecule has 0 aliphatic heterocycles. The molecule has 0 saturated carbocycles. The summed E-state index contributed by atoms with van der Waals surface area (Å²) >= 11 is 0. The maximum atomic E-state index is 13.1. The van der Waals surface area contributed by atoms with E-state index in [0.29, 0.717) is 18.9 Å². The maximum absolute atomic E-state index is 13.1. The van der Waals surface area contributed by atoms with Crippen molar-refractivity contribution in [3.8, 4) is 0 Å². The molecule has 0 saturated heterocycles. The number of para-hydroxylation sites is 1. The highest BCUT2D eigenvalue weighted by Crippen LogP contribution is 2.19. The molecule has 0 spiro atoms. The van der Waals surface area contributed by atoms with Crippen molar-refractivity contribution in [3.05, 3.63) is 64.0 Å². The van der Waals surface area contributed by atoms with Crippen LogP contribution in [0.3, 0.4) is 0 Å². The van der Waals surface area contributed by atoms with E-state index in [0.717, 1.165) is 17.6 Å². The van der Waals surface area contributed by atoms with Gasteiger partial charge in [-0.3, -0.25) is 4.79 Å². The second-order valence-corrected chi connectivity index (χ2v) is 7.90. The Morgan fingerprint density at radius 2 is 1.93 bits per heavy atom. The Kier molecular flexibility index (Phi) is 5.97. The molecule has 3 rings (SSSR count). The molecule has 2 heterocycles. The Morgan fingerprint density at radius 1 is 1.18 bits per heavy atom. The lowest BCUT2D eigenvalue weighted by molar-refractivity contribution is 0.0701. The summed E-state index contributed by atoms with van der Waals surface area (Å²) in [4.78, 5) is 36.8. The van der Waals surface area contributed by atoms with Crippen LogP contribution >= 0.6 is 0 Å². The minimum absolute atomic E-state index is 0.00680. The van der Waals surface area contributed by atoms with E-state index in [4.69, 9.17) is 0 Å². The van der Waals surface area contributed by atoms with Crippen molar-refractivity contribution in [2.75, 3.05) is 6.54 Å². The molecule has 1 aromatic carbocycles. The van der Waals surface area contributed by atoms with Gasteiger partial charge in [-0.1, -0.05) is 32.0 Å². The molecule has 6 heteroatoms. The third-order valence-electron chi connectivity index (χ3n) is 4.83. The van der Waals surface area contributed by atoms with Gasteiger partial charge in [-0.2, -0.15) is 4.98 Å². The summed E-state index contributed by atoms with van der Waals surface area (Å²) in [6, 6.07) is 9.86. The monoisotopic (exact) mass is 380 g/mol. The van der Waals surface area contributed by atoms with Crippen LogP contribution in [0.25, 0.3) is 10.9 Å². The van der Waals surface area contributed by atoms with E-state index < -0.39 is 5.69 Å². The van der Waals surface area contributed by atoms with Crippen LogP contribution in [-0.2, 0) is 12.8 Å². The minimum atomic E-state index is -0.471. The lowest BCUT2D eigenvalue weighted by Gasteiger charge is -2.26. The Hall–Kier alpha value is -2.89. The predicted octanol–water partition coefficient (Wildman–Crippen LogP) is 3.54. The van der Waals surface area contributed by atoms with Gasteiger partial charge in [0.25, 0.3) is 5.91 Å². The van der Waals surface area contributed by atoms with Crippen molar-refractivity contribution in [2.45, 2.75) is 46.6 Å². The highest BCUT2D eigenvalue weighted by molar-refractivity contribution is 5.92. The molecule has 0 aliphatic rings. The van der Waals surface area contributed by atoms with Gasteiger partial charge in [0.05, 0.1) is 0 Å². The van der Waals surface area contributed by atoms with Gasteiger partial charge in [-0.25, -0.2) is 4.79 Å². The molecule has 148 valence electrons. The van der Waals surface area contributed by atoms with Crippen molar-refractivity contribution in [2.24, 2.45) is 5.92 Å². The number of amides is 1. The van der Waals surface area contributed by atoms with Crippen LogP contribution < -0.4 is 5.69 Å². The molecule has 2 N–H and O–H groups in total. The Morgan fingerprint density at radius 3 is 2.64 bits per heavy atom. The second-order valence-electron chi connectivity index (χ2n) is 7.90. The lowest BCUT2D eigenvalue weighted by Crippen LogP contribution is -2.39. The van der Waals surface area contributed by atoms with Gasteiger partial charge in [0.15, 0.2) is 0 Å². The number of H-pyrrole nitrogens is 2. The number of hydrogen-bond acceptors (Lipinski definition) is 3. The molecular weight excluding hydrogens is 352 g/mol. The summed E-state index contributed by atoms with van der Waals surface area (Å²) in [6.07, 6.45) is 3.44. The number of fused-ring (bicyclic) bond motifs is 1.